The highest BCUT2D eigenvalue weighted by Gasteiger charge is 2.44. The molecule has 2 fully saturated rings. The average Bonchev–Trinajstić information content (AvgIpc) is 3.43. The lowest BCUT2D eigenvalue weighted by Crippen LogP contribution is -2.48. The van der Waals surface area contributed by atoms with Gasteiger partial charge >= 0.3 is 6.09 Å². The third-order valence-corrected chi connectivity index (χ3v) is 5.24. The quantitative estimate of drug-likeness (QED) is 0.378. The van der Waals surface area contributed by atoms with E-state index in [0.29, 0.717) is 32.2 Å². The summed E-state index contributed by atoms with van der Waals surface area (Å²) >= 11 is 0. The summed E-state index contributed by atoms with van der Waals surface area (Å²) in [7, 11) is 0. The van der Waals surface area contributed by atoms with Crippen LogP contribution < -0.4 is 11.1 Å². The van der Waals surface area contributed by atoms with Crippen molar-refractivity contribution in [2.45, 2.75) is 44.1 Å². The second-order valence-electron chi connectivity index (χ2n) is 7.09. The van der Waals surface area contributed by atoms with Crippen molar-refractivity contribution in [3.8, 4) is 0 Å². The molecule has 3 rings (SSSR count). The van der Waals surface area contributed by atoms with E-state index in [9.17, 15) is 9.18 Å². The van der Waals surface area contributed by atoms with Crippen LogP contribution in [0.1, 0.15) is 38.2 Å². The molecule has 1 heterocycles. The third-order valence-electron chi connectivity index (χ3n) is 5.24. The first-order valence-corrected chi connectivity index (χ1v) is 9.26. The number of nitrogens with zero attached hydrogens (tertiary/aromatic N) is 2. The molecule has 0 unspecified atom stereocenters. The van der Waals surface area contributed by atoms with Crippen LogP contribution in [-0.4, -0.2) is 49.2 Å². The minimum Gasteiger partial charge on any atom is -0.450 e. The Balaban J connectivity index is 0.00000261. The van der Waals surface area contributed by atoms with E-state index >= 15 is 0 Å². The van der Waals surface area contributed by atoms with Crippen molar-refractivity contribution < 1.29 is 13.9 Å². The van der Waals surface area contributed by atoms with Crippen LogP contribution in [0.4, 0.5) is 9.18 Å². The molecule has 3 N–H and O–H groups in total. The molecule has 6 nitrogen and oxygen atoms in total. The van der Waals surface area contributed by atoms with Gasteiger partial charge in [-0.25, -0.2) is 9.18 Å². The van der Waals surface area contributed by atoms with Crippen LogP contribution in [0.25, 0.3) is 0 Å². The summed E-state index contributed by atoms with van der Waals surface area (Å²) in [6, 6.07) is 6.89. The van der Waals surface area contributed by atoms with Crippen molar-refractivity contribution in [3.63, 3.8) is 0 Å². The lowest BCUT2D eigenvalue weighted by Gasteiger charge is -2.31. The first-order valence-electron chi connectivity index (χ1n) is 9.26. The summed E-state index contributed by atoms with van der Waals surface area (Å²) < 4.78 is 18.1. The van der Waals surface area contributed by atoms with Gasteiger partial charge in [-0.2, -0.15) is 0 Å². The number of benzene rings is 1. The van der Waals surface area contributed by atoms with E-state index in [2.05, 4.69) is 10.3 Å². The average molecular weight is 490 g/mol. The molecule has 1 aromatic rings. The zero-order valence-electron chi connectivity index (χ0n) is 15.6. The van der Waals surface area contributed by atoms with Crippen LogP contribution in [-0.2, 0) is 10.2 Å². The minimum atomic E-state index is -0.248. The SMILES string of the molecule is CCOC(=O)N1CCC(NC(N)=NCC2(c3ccc(F)cc3)CC2)CC1.I. The van der Waals surface area contributed by atoms with Gasteiger partial charge in [0.25, 0.3) is 0 Å². The maximum Gasteiger partial charge on any atom is 0.409 e. The van der Waals surface area contributed by atoms with Gasteiger partial charge in [-0.15, -0.1) is 24.0 Å². The second-order valence-corrected chi connectivity index (χ2v) is 7.09. The van der Waals surface area contributed by atoms with E-state index in [-0.39, 0.29) is 47.3 Å². The number of carbonyl (C=O) groups is 1. The third kappa shape index (κ3) is 5.70. The van der Waals surface area contributed by atoms with E-state index in [1.807, 2.05) is 19.1 Å². The number of amides is 1. The summed E-state index contributed by atoms with van der Waals surface area (Å²) in [6.45, 7) is 4.13. The minimum absolute atomic E-state index is 0. The Morgan fingerprint density at radius 1 is 1.33 bits per heavy atom. The summed E-state index contributed by atoms with van der Waals surface area (Å²) in [6.07, 6.45) is 3.49. The molecule has 0 bridgehead atoms. The van der Waals surface area contributed by atoms with Crippen LogP contribution in [0, 0.1) is 5.82 Å². The lowest BCUT2D eigenvalue weighted by atomic mass is 9.96. The molecule has 1 aromatic carbocycles. The number of hydrogen-bond acceptors (Lipinski definition) is 3. The normalized spacial score (nSPS) is 19.2. The summed E-state index contributed by atoms with van der Waals surface area (Å²) in [5, 5.41) is 3.26. The molecule has 1 aliphatic heterocycles. The van der Waals surface area contributed by atoms with E-state index in [1.165, 1.54) is 12.1 Å². The van der Waals surface area contributed by atoms with E-state index in [1.54, 1.807) is 4.90 Å². The fourth-order valence-electron chi connectivity index (χ4n) is 3.40. The Kier molecular flexibility index (Phi) is 7.69. The molecule has 1 amide bonds. The molecule has 1 saturated heterocycles. The second kappa shape index (κ2) is 9.57. The van der Waals surface area contributed by atoms with Gasteiger partial charge in [-0.05, 0) is 50.3 Å². The number of likely N-dealkylation sites (tertiary alicyclic amines) is 1. The first kappa shape index (κ1) is 21.7. The van der Waals surface area contributed by atoms with Crippen LogP contribution in [0.5, 0.6) is 0 Å². The molecule has 0 aromatic heterocycles. The number of carbonyl (C=O) groups excluding carboxylic acids is 1. The Morgan fingerprint density at radius 3 is 2.52 bits per heavy atom. The van der Waals surface area contributed by atoms with E-state index in [4.69, 9.17) is 10.5 Å². The number of rotatable bonds is 5. The first-order chi connectivity index (χ1) is 12.5. The fourth-order valence-corrected chi connectivity index (χ4v) is 3.40. The van der Waals surface area contributed by atoms with Crippen molar-refractivity contribution in [1.82, 2.24) is 10.2 Å². The molecular weight excluding hydrogens is 462 g/mol. The predicted octanol–water partition coefficient (Wildman–Crippen LogP) is 3.00. The van der Waals surface area contributed by atoms with Crippen LogP contribution in [0.2, 0.25) is 0 Å². The zero-order chi connectivity index (χ0) is 18.6. The summed E-state index contributed by atoms with van der Waals surface area (Å²) in [4.78, 5) is 18.0. The summed E-state index contributed by atoms with van der Waals surface area (Å²) in [5.74, 6) is 0.219. The van der Waals surface area contributed by atoms with Crippen molar-refractivity contribution in [1.29, 1.82) is 0 Å². The van der Waals surface area contributed by atoms with Gasteiger partial charge in [0.05, 0.1) is 13.2 Å². The standard InChI is InChI=1S/C19H27FN4O2.HI/c1-2-26-18(25)24-11-7-16(8-12-24)23-17(21)22-13-19(9-10-19)14-3-5-15(20)6-4-14;/h3-6,16H,2,7-13H2,1H3,(H3,21,22,23);1H. The maximum absolute atomic E-state index is 13.1. The van der Waals surface area contributed by atoms with Gasteiger partial charge in [0, 0.05) is 24.5 Å². The van der Waals surface area contributed by atoms with Crippen LogP contribution in [0.3, 0.4) is 0 Å². The van der Waals surface area contributed by atoms with Crippen molar-refractivity contribution >= 4 is 36.0 Å². The van der Waals surface area contributed by atoms with Gasteiger partial charge in [-0.3, -0.25) is 4.99 Å². The molecule has 150 valence electrons. The molecule has 2 aliphatic rings. The van der Waals surface area contributed by atoms with Gasteiger partial charge in [0.15, 0.2) is 5.96 Å². The monoisotopic (exact) mass is 490 g/mol. The Morgan fingerprint density at radius 2 is 1.96 bits per heavy atom. The predicted molar refractivity (Wildman–Crippen MR) is 114 cm³/mol. The molecule has 1 saturated carbocycles. The smallest absolute Gasteiger partial charge is 0.409 e. The zero-order valence-corrected chi connectivity index (χ0v) is 17.9. The Bertz CT molecular complexity index is 656. The molecule has 0 atom stereocenters. The molecule has 0 radical (unpaired) electrons. The van der Waals surface area contributed by atoms with E-state index < -0.39 is 0 Å². The number of ether oxygens (including phenoxy) is 1. The fraction of sp³-hybridized carbons (Fsp3) is 0.579. The number of guanidine groups is 1. The molecule has 8 heteroatoms. The molecule has 1 aliphatic carbocycles. The van der Waals surface area contributed by atoms with Gasteiger partial charge in [0.1, 0.15) is 5.82 Å². The van der Waals surface area contributed by atoms with Crippen LogP contribution >= 0.6 is 24.0 Å². The number of nitrogens with one attached hydrogen (secondary N) is 1. The number of hydrogen-bond donors (Lipinski definition) is 2. The number of halogens is 2. The Hall–Kier alpha value is -1.58. The highest BCUT2D eigenvalue weighted by molar-refractivity contribution is 14.0. The van der Waals surface area contributed by atoms with Gasteiger partial charge in [-0.1, -0.05) is 12.1 Å². The number of nitrogens with two attached hydrogens (primary N) is 1. The molecule has 27 heavy (non-hydrogen) atoms. The largest absolute Gasteiger partial charge is 0.450 e. The van der Waals surface area contributed by atoms with Gasteiger partial charge in [0.2, 0.25) is 0 Å². The lowest BCUT2D eigenvalue weighted by molar-refractivity contribution is 0.0963. The Labute approximate surface area is 176 Å². The molecular formula is C19H28FIN4O2. The van der Waals surface area contributed by atoms with E-state index in [0.717, 1.165) is 31.2 Å². The van der Waals surface area contributed by atoms with Crippen molar-refractivity contribution in [2.24, 2.45) is 10.7 Å². The topological polar surface area (TPSA) is 80.0 Å². The highest BCUT2D eigenvalue weighted by Crippen LogP contribution is 2.48. The number of piperidine rings is 1. The van der Waals surface area contributed by atoms with Crippen molar-refractivity contribution in [3.05, 3.63) is 35.6 Å². The van der Waals surface area contributed by atoms with Gasteiger partial charge < -0.3 is 20.7 Å². The summed E-state index contributed by atoms with van der Waals surface area (Å²) in [5.41, 5.74) is 7.19. The number of aliphatic imine (C=N–C) groups is 1. The van der Waals surface area contributed by atoms with Crippen molar-refractivity contribution in [2.75, 3.05) is 26.2 Å². The molecule has 0 spiro atoms. The highest BCUT2D eigenvalue weighted by atomic mass is 127. The maximum atomic E-state index is 13.1. The van der Waals surface area contributed by atoms with Crippen LogP contribution in [0.15, 0.2) is 29.3 Å².